The number of aromatic nitrogens is 2. The van der Waals surface area contributed by atoms with Crippen LogP contribution in [0.3, 0.4) is 0 Å². The number of hydrogen-bond acceptors (Lipinski definition) is 3. The highest BCUT2D eigenvalue weighted by Gasteiger charge is 2.15. The van der Waals surface area contributed by atoms with Gasteiger partial charge in [-0.25, -0.2) is 4.98 Å². The van der Waals surface area contributed by atoms with Gasteiger partial charge in [0.15, 0.2) is 0 Å². The van der Waals surface area contributed by atoms with E-state index < -0.39 is 0 Å². The number of nitrogens with zero attached hydrogens (tertiary/aromatic N) is 3. The summed E-state index contributed by atoms with van der Waals surface area (Å²) in [6.07, 6.45) is 2.08. The van der Waals surface area contributed by atoms with E-state index in [-0.39, 0.29) is 0 Å². The zero-order chi connectivity index (χ0) is 19.3. The first-order valence-corrected chi connectivity index (χ1v) is 10.1. The maximum Gasteiger partial charge on any atom is 0.137 e. The molecule has 0 bridgehead atoms. The molecule has 2 heterocycles. The average Bonchev–Trinajstić information content (AvgIpc) is 3.09. The van der Waals surface area contributed by atoms with Crippen LogP contribution in [-0.4, -0.2) is 34.5 Å². The third-order valence-electron chi connectivity index (χ3n) is 4.65. The Kier molecular flexibility index (Phi) is 5.74. The van der Waals surface area contributed by atoms with Crippen molar-refractivity contribution in [2.45, 2.75) is 6.54 Å². The van der Waals surface area contributed by atoms with Gasteiger partial charge in [-0.15, -0.1) is 0 Å². The van der Waals surface area contributed by atoms with Crippen LogP contribution >= 0.6 is 15.9 Å². The standard InChI is InChI=1S/C23H22BrN3O/c1-26(15-16-28-20-12-10-19(24)11-13-20)17-21-23(18-7-3-2-4-8-18)25-22-9-5-6-14-27(21)22/h2-14H,15-17H2,1H3. The summed E-state index contributed by atoms with van der Waals surface area (Å²) in [6.45, 7) is 2.25. The van der Waals surface area contributed by atoms with E-state index in [2.05, 4.69) is 62.7 Å². The Balaban J connectivity index is 1.49. The fraction of sp³-hybridized carbons (Fsp3) is 0.174. The van der Waals surface area contributed by atoms with Gasteiger partial charge in [0.1, 0.15) is 18.0 Å². The van der Waals surface area contributed by atoms with E-state index in [9.17, 15) is 0 Å². The minimum absolute atomic E-state index is 0.634. The molecule has 5 heteroatoms. The van der Waals surface area contributed by atoms with Gasteiger partial charge >= 0.3 is 0 Å². The first-order chi connectivity index (χ1) is 13.7. The van der Waals surface area contributed by atoms with Gasteiger partial charge in [0.2, 0.25) is 0 Å². The summed E-state index contributed by atoms with van der Waals surface area (Å²) >= 11 is 3.44. The quantitative estimate of drug-likeness (QED) is 0.395. The Morgan fingerprint density at radius 3 is 2.50 bits per heavy atom. The average molecular weight is 436 g/mol. The van der Waals surface area contributed by atoms with Crippen LogP contribution in [0.15, 0.2) is 83.5 Å². The predicted molar refractivity (Wildman–Crippen MR) is 117 cm³/mol. The van der Waals surface area contributed by atoms with Gasteiger partial charge in [-0.3, -0.25) is 4.90 Å². The molecule has 0 spiro atoms. The van der Waals surface area contributed by atoms with Gasteiger partial charge in [-0.05, 0) is 43.4 Å². The molecule has 4 nitrogen and oxygen atoms in total. The van der Waals surface area contributed by atoms with Crippen LogP contribution in [0.2, 0.25) is 0 Å². The Labute approximate surface area is 173 Å². The van der Waals surface area contributed by atoms with Crippen molar-refractivity contribution in [2.75, 3.05) is 20.2 Å². The van der Waals surface area contributed by atoms with E-state index in [1.54, 1.807) is 0 Å². The van der Waals surface area contributed by atoms with Gasteiger partial charge in [0, 0.05) is 29.3 Å². The Hall–Kier alpha value is -2.63. The third kappa shape index (κ3) is 4.26. The first kappa shape index (κ1) is 18.7. The highest BCUT2D eigenvalue weighted by Crippen LogP contribution is 2.25. The molecule has 0 aliphatic rings. The highest BCUT2D eigenvalue weighted by atomic mass is 79.9. The molecule has 142 valence electrons. The van der Waals surface area contributed by atoms with Crippen molar-refractivity contribution in [1.29, 1.82) is 0 Å². The molecule has 0 unspecified atom stereocenters. The molecule has 2 aromatic heterocycles. The number of halogens is 1. The van der Waals surface area contributed by atoms with Crippen molar-refractivity contribution >= 4 is 21.6 Å². The number of benzene rings is 2. The predicted octanol–water partition coefficient (Wildman–Crippen LogP) is 5.27. The molecule has 0 N–H and O–H groups in total. The summed E-state index contributed by atoms with van der Waals surface area (Å²) < 4.78 is 9.10. The highest BCUT2D eigenvalue weighted by molar-refractivity contribution is 9.10. The molecule has 2 aromatic carbocycles. The summed E-state index contributed by atoms with van der Waals surface area (Å²) in [5.74, 6) is 0.886. The van der Waals surface area contributed by atoms with E-state index in [4.69, 9.17) is 9.72 Å². The van der Waals surface area contributed by atoms with E-state index >= 15 is 0 Å². The SMILES string of the molecule is CN(CCOc1ccc(Br)cc1)Cc1c(-c2ccccc2)nc2ccccn12. The largest absolute Gasteiger partial charge is 0.492 e. The van der Waals surface area contributed by atoms with Crippen LogP contribution in [-0.2, 0) is 6.54 Å². The van der Waals surface area contributed by atoms with Crippen LogP contribution in [0.4, 0.5) is 0 Å². The van der Waals surface area contributed by atoms with Gasteiger partial charge in [-0.2, -0.15) is 0 Å². The molecule has 0 saturated heterocycles. The number of pyridine rings is 1. The minimum atomic E-state index is 0.634. The minimum Gasteiger partial charge on any atom is -0.492 e. The summed E-state index contributed by atoms with van der Waals surface area (Å²) in [5.41, 5.74) is 4.33. The smallest absolute Gasteiger partial charge is 0.137 e. The number of fused-ring (bicyclic) bond motifs is 1. The molecule has 0 amide bonds. The maximum atomic E-state index is 5.87. The lowest BCUT2D eigenvalue weighted by molar-refractivity contribution is 0.231. The van der Waals surface area contributed by atoms with E-state index in [1.807, 2.05) is 48.5 Å². The fourth-order valence-corrected chi connectivity index (χ4v) is 3.47. The summed E-state index contributed by atoms with van der Waals surface area (Å²) in [7, 11) is 2.11. The molecule has 28 heavy (non-hydrogen) atoms. The first-order valence-electron chi connectivity index (χ1n) is 9.29. The van der Waals surface area contributed by atoms with Crippen LogP contribution in [0.25, 0.3) is 16.9 Å². The molecule has 0 fully saturated rings. The van der Waals surface area contributed by atoms with Crippen LogP contribution in [0, 0.1) is 0 Å². The molecule has 4 rings (SSSR count). The molecule has 0 aliphatic carbocycles. The lowest BCUT2D eigenvalue weighted by Crippen LogP contribution is -2.24. The molecule has 0 saturated carbocycles. The summed E-state index contributed by atoms with van der Waals surface area (Å²) in [6, 6.07) is 24.4. The topological polar surface area (TPSA) is 29.8 Å². The van der Waals surface area contributed by atoms with E-state index in [1.165, 1.54) is 5.69 Å². The number of hydrogen-bond donors (Lipinski definition) is 0. The number of imidazole rings is 1. The Morgan fingerprint density at radius 2 is 1.71 bits per heavy atom. The summed E-state index contributed by atoms with van der Waals surface area (Å²) in [4.78, 5) is 7.14. The maximum absolute atomic E-state index is 5.87. The van der Waals surface area contributed by atoms with Gasteiger partial charge < -0.3 is 9.14 Å². The lowest BCUT2D eigenvalue weighted by atomic mass is 10.1. The zero-order valence-corrected chi connectivity index (χ0v) is 17.3. The Bertz CT molecular complexity index is 1040. The van der Waals surface area contributed by atoms with Crippen molar-refractivity contribution in [3.63, 3.8) is 0 Å². The molecule has 0 radical (unpaired) electrons. The van der Waals surface area contributed by atoms with Crippen molar-refractivity contribution in [3.05, 3.63) is 89.2 Å². The second-order valence-corrected chi connectivity index (χ2v) is 7.66. The third-order valence-corrected chi connectivity index (χ3v) is 5.18. The lowest BCUT2D eigenvalue weighted by Gasteiger charge is -2.18. The second-order valence-electron chi connectivity index (χ2n) is 6.74. The van der Waals surface area contributed by atoms with Crippen molar-refractivity contribution < 1.29 is 4.74 Å². The van der Waals surface area contributed by atoms with Crippen LogP contribution in [0.1, 0.15) is 5.69 Å². The number of rotatable bonds is 7. The van der Waals surface area contributed by atoms with Gasteiger partial charge in [-0.1, -0.05) is 52.3 Å². The zero-order valence-electron chi connectivity index (χ0n) is 15.8. The van der Waals surface area contributed by atoms with Gasteiger partial charge in [0.05, 0.1) is 11.4 Å². The van der Waals surface area contributed by atoms with Crippen LogP contribution < -0.4 is 4.74 Å². The number of likely N-dealkylation sites (N-methyl/N-ethyl adjacent to an activating group) is 1. The van der Waals surface area contributed by atoms with Crippen LogP contribution in [0.5, 0.6) is 5.75 Å². The summed E-state index contributed by atoms with van der Waals surface area (Å²) in [5, 5.41) is 0. The van der Waals surface area contributed by atoms with Crippen molar-refractivity contribution in [2.24, 2.45) is 0 Å². The molecule has 0 aliphatic heterocycles. The van der Waals surface area contributed by atoms with Gasteiger partial charge in [0.25, 0.3) is 0 Å². The van der Waals surface area contributed by atoms with Crippen molar-refractivity contribution in [3.8, 4) is 17.0 Å². The molecular formula is C23H22BrN3O. The molecular weight excluding hydrogens is 414 g/mol. The molecule has 0 atom stereocenters. The molecule has 4 aromatic rings. The second kappa shape index (κ2) is 8.59. The van der Waals surface area contributed by atoms with E-state index in [0.29, 0.717) is 6.61 Å². The Morgan fingerprint density at radius 1 is 0.964 bits per heavy atom. The van der Waals surface area contributed by atoms with Crippen molar-refractivity contribution in [1.82, 2.24) is 14.3 Å². The normalized spacial score (nSPS) is 11.2. The monoisotopic (exact) mass is 435 g/mol. The van der Waals surface area contributed by atoms with E-state index in [0.717, 1.165) is 40.2 Å². The fourth-order valence-electron chi connectivity index (χ4n) is 3.21. The number of ether oxygens (including phenoxy) is 1.